The summed E-state index contributed by atoms with van der Waals surface area (Å²) in [6.45, 7) is 23.5. The molecule has 0 radical (unpaired) electrons. The number of rotatable bonds is 1. The van der Waals surface area contributed by atoms with E-state index in [1.165, 1.54) is 116 Å². The molecule has 0 fully saturated rings. The van der Waals surface area contributed by atoms with Crippen LogP contribution >= 0.6 is 11.3 Å². The monoisotopic (exact) mass is 926 g/mol. The van der Waals surface area contributed by atoms with Crippen LogP contribution in [0.2, 0.25) is 0 Å². The highest BCUT2D eigenvalue weighted by molar-refractivity contribution is 7.25. The van der Waals surface area contributed by atoms with Gasteiger partial charge in [-0.2, -0.15) is 0 Å². The zero-order valence-electron chi connectivity index (χ0n) is 41.7. The van der Waals surface area contributed by atoms with Crippen molar-refractivity contribution < 1.29 is 8.83 Å². The van der Waals surface area contributed by atoms with Crippen molar-refractivity contribution in [1.29, 1.82) is 0 Å². The summed E-state index contributed by atoms with van der Waals surface area (Å²) in [5.74, 6) is 0. The summed E-state index contributed by atoms with van der Waals surface area (Å²) in [6, 6.07) is 49.0. The summed E-state index contributed by atoms with van der Waals surface area (Å²) in [7, 11) is 0. The molecule has 0 amide bonds. The molecule has 342 valence electrons. The maximum Gasteiger partial charge on any atom is 0.333 e. The number of aromatic nitrogens is 1. The van der Waals surface area contributed by atoms with Gasteiger partial charge in [-0.25, -0.2) is 0 Å². The van der Waals surface area contributed by atoms with Crippen LogP contribution in [0.4, 0.5) is 11.4 Å². The highest BCUT2D eigenvalue weighted by Gasteiger charge is 2.47. The van der Waals surface area contributed by atoms with Gasteiger partial charge in [-0.15, -0.1) is 11.3 Å². The second-order valence-corrected chi connectivity index (χ2v) is 25.4. The zero-order chi connectivity index (χ0) is 47.7. The third kappa shape index (κ3) is 5.28. The van der Waals surface area contributed by atoms with Crippen molar-refractivity contribution in [2.75, 3.05) is 4.81 Å². The second-order valence-electron chi connectivity index (χ2n) is 24.3. The molecule has 15 rings (SSSR count). The Kier molecular flexibility index (Phi) is 7.72. The summed E-state index contributed by atoms with van der Waals surface area (Å²) in [4.78, 5) is 2.71. The zero-order valence-corrected chi connectivity index (χ0v) is 42.6. The fourth-order valence-electron chi connectivity index (χ4n) is 13.2. The van der Waals surface area contributed by atoms with E-state index in [2.05, 4.69) is 206 Å². The molecule has 0 unspecified atom stereocenters. The van der Waals surface area contributed by atoms with Crippen LogP contribution in [-0.2, 0) is 21.7 Å². The minimum Gasteiger partial charge on any atom is -0.456 e. The van der Waals surface area contributed by atoms with Gasteiger partial charge in [0.25, 0.3) is 0 Å². The molecular formula is C64H55BN2O2S. The Balaban J connectivity index is 1.16. The molecule has 4 aromatic heterocycles. The Morgan fingerprint density at radius 1 is 0.543 bits per heavy atom. The van der Waals surface area contributed by atoms with Crippen LogP contribution in [-0.4, -0.2) is 11.4 Å². The molecule has 12 aromatic rings. The van der Waals surface area contributed by atoms with Gasteiger partial charge < -0.3 is 18.2 Å². The van der Waals surface area contributed by atoms with Gasteiger partial charge in [-0.05, 0) is 134 Å². The molecule has 1 aliphatic carbocycles. The highest BCUT2D eigenvalue weighted by Crippen LogP contribution is 2.55. The van der Waals surface area contributed by atoms with Gasteiger partial charge in [-0.1, -0.05) is 130 Å². The van der Waals surface area contributed by atoms with Crippen LogP contribution in [0.3, 0.4) is 0 Å². The molecule has 2 aliphatic heterocycles. The number of benzene rings is 8. The Hall–Kier alpha value is -6.76. The fraction of sp³-hybridized carbons (Fsp3) is 0.250. The van der Waals surface area contributed by atoms with Crippen LogP contribution in [0.15, 0.2) is 136 Å². The van der Waals surface area contributed by atoms with Gasteiger partial charge in [0, 0.05) is 75.8 Å². The second kappa shape index (κ2) is 13.2. The van der Waals surface area contributed by atoms with Crippen LogP contribution in [0.25, 0.3) is 103 Å². The molecule has 70 heavy (non-hydrogen) atoms. The van der Waals surface area contributed by atoms with Crippen LogP contribution in [0.1, 0.15) is 104 Å². The largest absolute Gasteiger partial charge is 0.456 e. The third-order valence-electron chi connectivity index (χ3n) is 17.1. The number of thiophene rings is 1. The van der Waals surface area contributed by atoms with E-state index in [1.807, 2.05) is 11.3 Å². The van der Waals surface area contributed by atoms with Crippen LogP contribution in [0, 0.1) is 0 Å². The van der Waals surface area contributed by atoms with Crippen LogP contribution in [0.5, 0.6) is 0 Å². The molecule has 4 nitrogen and oxygen atoms in total. The van der Waals surface area contributed by atoms with Crippen LogP contribution < -0.4 is 15.7 Å². The lowest BCUT2D eigenvalue weighted by Crippen LogP contribution is -2.60. The smallest absolute Gasteiger partial charge is 0.333 e. The molecule has 6 heterocycles. The van der Waals surface area contributed by atoms with Gasteiger partial charge in [0.05, 0.1) is 16.4 Å². The van der Waals surface area contributed by atoms with Crippen molar-refractivity contribution in [3.63, 3.8) is 0 Å². The van der Waals surface area contributed by atoms with Gasteiger partial charge >= 0.3 is 6.85 Å². The van der Waals surface area contributed by atoms with Gasteiger partial charge in [-0.3, -0.25) is 0 Å². The number of nitrogens with zero attached hydrogens (tertiary/aromatic N) is 2. The maximum absolute atomic E-state index is 7.30. The lowest BCUT2D eigenvalue weighted by molar-refractivity contribution is 0.332. The minimum atomic E-state index is -0.189. The van der Waals surface area contributed by atoms with Crippen molar-refractivity contribution in [2.45, 2.75) is 104 Å². The molecule has 0 spiro atoms. The number of fused-ring (bicyclic) bond motifs is 20. The predicted molar refractivity (Wildman–Crippen MR) is 300 cm³/mol. The lowest BCUT2D eigenvalue weighted by atomic mass is 9.43. The van der Waals surface area contributed by atoms with E-state index in [9.17, 15) is 0 Å². The van der Waals surface area contributed by atoms with E-state index in [-0.39, 0.29) is 28.5 Å². The first-order valence-electron chi connectivity index (χ1n) is 25.3. The third-order valence-corrected chi connectivity index (χ3v) is 18.2. The van der Waals surface area contributed by atoms with Crippen molar-refractivity contribution in [3.05, 3.63) is 150 Å². The quantitative estimate of drug-likeness (QED) is 0.154. The molecule has 6 heteroatoms. The molecule has 0 N–H and O–H groups in total. The van der Waals surface area contributed by atoms with E-state index in [1.54, 1.807) is 0 Å². The number of para-hydroxylation sites is 2. The standard InChI is InChI=1S/C64H55BN2O2S/c1-61(2,3)34-19-22-36(23-20-34)67-48-30-41-40-28-44-45(64(9,10)26-25-63(44,7)8)32-54(40)70-53(41)31-43(48)55-56-38-16-12-14-18-51(38)69-60(56)57-42-27-35(62(4,5)6)21-24-47(42)66-49-33-52-39(37-15-11-13-17-50(37)68-52)29-46(49)65(67)58(55)59(57)66/h11-24,27-33H,25-26H2,1-10H3. The Labute approximate surface area is 412 Å². The summed E-state index contributed by atoms with van der Waals surface area (Å²) in [5, 5.41) is 9.71. The molecular weight excluding hydrogens is 872 g/mol. The van der Waals surface area contributed by atoms with E-state index >= 15 is 0 Å². The first kappa shape index (κ1) is 41.1. The molecule has 0 atom stereocenters. The molecule has 0 bridgehead atoms. The topological polar surface area (TPSA) is 34.5 Å². The molecule has 0 saturated heterocycles. The van der Waals surface area contributed by atoms with E-state index in [0.717, 1.165) is 44.2 Å². The number of furan rings is 2. The first-order valence-corrected chi connectivity index (χ1v) is 26.1. The van der Waals surface area contributed by atoms with Gasteiger partial charge in [0.2, 0.25) is 0 Å². The predicted octanol–water partition coefficient (Wildman–Crippen LogP) is 17.1. The van der Waals surface area contributed by atoms with E-state index < -0.39 is 0 Å². The van der Waals surface area contributed by atoms with Crippen molar-refractivity contribution in [1.82, 2.24) is 4.57 Å². The molecule has 0 saturated carbocycles. The van der Waals surface area contributed by atoms with E-state index in [4.69, 9.17) is 8.83 Å². The summed E-state index contributed by atoms with van der Waals surface area (Å²) >= 11 is 1.96. The summed E-state index contributed by atoms with van der Waals surface area (Å²) in [5.41, 5.74) is 20.5. The van der Waals surface area contributed by atoms with Crippen molar-refractivity contribution in [2.24, 2.45) is 0 Å². The SMILES string of the molecule is CC(C)(C)c1ccc(N2B3c4cc5c(cc4-n4c6ccc(C(C)(C)C)cc6c6c7oc8ccccc8c7c(c3c64)-c3cc4sc6cc7c(cc6c4cc32)C(C)(C)CCC7(C)C)oc2ccccc25)cc1. The number of anilines is 2. The highest BCUT2D eigenvalue weighted by atomic mass is 32.1. The first-order chi connectivity index (χ1) is 33.4. The Bertz CT molecular complexity index is 4330. The fourth-order valence-corrected chi connectivity index (χ4v) is 14.3. The number of hydrogen-bond acceptors (Lipinski definition) is 4. The molecule has 3 aliphatic rings. The van der Waals surface area contributed by atoms with Gasteiger partial charge in [0.15, 0.2) is 0 Å². The van der Waals surface area contributed by atoms with E-state index in [0.29, 0.717) is 0 Å². The Morgan fingerprint density at radius 2 is 1.19 bits per heavy atom. The Morgan fingerprint density at radius 3 is 1.91 bits per heavy atom. The lowest BCUT2D eigenvalue weighted by Gasteiger charge is -2.42. The van der Waals surface area contributed by atoms with Gasteiger partial charge in [0.1, 0.15) is 22.3 Å². The summed E-state index contributed by atoms with van der Waals surface area (Å²) in [6.07, 6.45) is 2.38. The molecule has 8 aromatic carbocycles. The van der Waals surface area contributed by atoms with Crippen molar-refractivity contribution in [3.8, 4) is 16.8 Å². The van der Waals surface area contributed by atoms with Crippen molar-refractivity contribution >= 4 is 126 Å². The maximum atomic E-state index is 7.30. The number of hydrogen-bond donors (Lipinski definition) is 0. The average molecular weight is 927 g/mol. The minimum absolute atomic E-state index is 0.00646. The summed E-state index contributed by atoms with van der Waals surface area (Å²) < 4.78 is 19.3. The normalized spacial score (nSPS) is 16.2. The average Bonchev–Trinajstić information content (AvgIpc) is 4.09.